The third-order valence-corrected chi connectivity index (χ3v) is 5.00. The topological polar surface area (TPSA) is 53.4 Å². The van der Waals surface area contributed by atoms with Gasteiger partial charge in [0.1, 0.15) is 11.6 Å². The Kier molecular flexibility index (Phi) is 5.13. The molecule has 1 aliphatic rings. The molecule has 2 heterocycles. The van der Waals surface area contributed by atoms with E-state index in [1.165, 1.54) is 13.0 Å². The van der Waals surface area contributed by atoms with Crippen molar-refractivity contribution < 1.29 is 14.3 Å². The molecule has 132 valence electrons. The van der Waals surface area contributed by atoms with Crippen molar-refractivity contribution in [2.24, 2.45) is 5.41 Å². The molecule has 0 aliphatic carbocycles. The van der Waals surface area contributed by atoms with Crippen molar-refractivity contribution in [1.82, 2.24) is 4.98 Å². The van der Waals surface area contributed by atoms with Crippen LogP contribution < -0.4 is 4.90 Å². The molecule has 1 aromatic carbocycles. The summed E-state index contributed by atoms with van der Waals surface area (Å²) in [5.41, 5.74) is 0.834. The summed E-state index contributed by atoms with van der Waals surface area (Å²) in [7, 11) is 0. The predicted octanol–water partition coefficient (Wildman–Crippen LogP) is 3.24. The number of aliphatic hydroxyl groups excluding tert-OH is 1. The molecule has 0 unspecified atom stereocenters. The molecule has 1 aliphatic heterocycles. The Balaban J connectivity index is 1.80. The summed E-state index contributed by atoms with van der Waals surface area (Å²) < 4.78 is 14.1. The summed E-state index contributed by atoms with van der Waals surface area (Å²) in [5.74, 6) is 0.550. The Morgan fingerprint density at radius 2 is 2.12 bits per heavy atom. The first kappa shape index (κ1) is 17.5. The van der Waals surface area contributed by atoms with Gasteiger partial charge in [-0.3, -0.25) is 4.79 Å². The van der Waals surface area contributed by atoms with Crippen LogP contribution in [0.3, 0.4) is 0 Å². The molecule has 0 spiro atoms. The standard InChI is InChI=1S/C20H23FN2O2/c1-15(25)17-7-8-19(22-12-17)23-10-4-9-20(13-23,14-24)11-16-5-2-3-6-18(16)21/h2-3,5-8,12,24H,4,9-11,13-14H2,1H3/t20-/m0/s1. The van der Waals surface area contributed by atoms with Crippen LogP contribution in [0.4, 0.5) is 10.2 Å². The number of pyridine rings is 1. The lowest BCUT2D eigenvalue weighted by molar-refractivity contribution is 0.101. The molecule has 0 amide bonds. The molecule has 0 bridgehead atoms. The zero-order valence-corrected chi connectivity index (χ0v) is 14.4. The van der Waals surface area contributed by atoms with Crippen molar-refractivity contribution in [1.29, 1.82) is 0 Å². The molecule has 5 heteroatoms. The minimum absolute atomic E-state index is 0.00334. The molecule has 25 heavy (non-hydrogen) atoms. The van der Waals surface area contributed by atoms with Gasteiger partial charge in [0.15, 0.2) is 5.78 Å². The van der Waals surface area contributed by atoms with Crippen LogP contribution in [0.1, 0.15) is 35.7 Å². The number of Topliss-reactive ketones (excluding diaryl/α,β-unsaturated/α-hetero) is 1. The summed E-state index contributed by atoms with van der Waals surface area (Å²) >= 11 is 0. The van der Waals surface area contributed by atoms with E-state index in [-0.39, 0.29) is 23.6 Å². The highest BCUT2D eigenvalue weighted by Crippen LogP contribution is 2.35. The number of ketones is 1. The number of piperidine rings is 1. The molecule has 1 saturated heterocycles. The quantitative estimate of drug-likeness (QED) is 0.848. The largest absolute Gasteiger partial charge is 0.396 e. The molecule has 0 radical (unpaired) electrons. The maximum absolute atomic E-state index is 14.1. The van der Waals surface area contributed by atoms with Crippen LogP contribution in [-0.2, 0) is 6.42 Å². The van der Waals surface area contributed by atoms with Gasteiger partial charge in [0.2, 0.25) is 0 Å². The fourth-order valence-corrected chi connectivity index (χ4v) is 3.56. The van der Waals surface area contributed by atoms with E-state index in [9.17, 15) is 14.3 Å². The van der Waals surface area contributed by atoms with Gasteiger partial charge in [-0.1, -0.05) is 18.2 Å². The summed E-state index contributed by atoms with van der Waals surface area (Å²) in [6.45, 7) is 2.97. The van der Waals surface area contributed by atoms with Gasteiger partial charge in [0.25, 0.3) is 0 Å². The lowest BCUT2D eigenvalue weighted by Crippen LogP contribution is -2.47. The third-order valence-electron chi connectivity index (χ3n) is 5.00. The Labute approximate surface area is 147 Å². The number of carbonyl (C=O) groups excluding carboxylic acids is 1. The number of rotatable bonds is 5. The second-order valence-electron chi connectivity index (χ2n) is 6.91. The van der Waals surface area contributed by atoms with Gasteiger partial charge in [-0.2, -0.15) is 0 Å². The maximum atomic E-state index is 14.1. The van der Waals surface area contributed by atoms with Gasteiger partial charge in [-0.05, 0) is 49.9 Å². The van der Waals surface area contributed by atoms with Crippen molar-refractivity contribution >= 4 is 11.6 Å². The number of benzene rings is 1. The number of anilines is 1. The highest BCUT2D eigenvalue weighted by atomic mass is 19.1. The number of hydrogen-bond donors (Lipinski definition) is 1. The van der Waals surface area contributed by atoms with Crippen LogP contribution in [0.2, 0.25) is 0 Å². The Morgan fingerprint density at radius 3 is 2.76 bits per heavy atom. The lowest BCUT2D eigenvalue weighted by atomic mass is 9.75. The van der Waals surface area contributed by atoms with Gasteiger partial charge in [-0.25, -0.2) is 9.37 Å². The maximum Gasteiger partial charge on any atom is 0.161 e. The molecule has 1 fully saturated rings. The fraction of sp³-hybridized carbons (Fsp3) is 0.400. The van der Waals surface area contributed by atoms with Gasteiger partial charge >= 0.3 is 0 Å². The van der Waals surface area contributed by atoms with Crippen molar-refractivity contribution in [2.75, 3.05) is 24.6 Å². The van der Waals surface area contributed by atoms with Crippen molar-refractivity contribution in [3.8, 4) is 0 Å². The summed E-state index contributed by atoms with van der Waals surface area (Å²) in [6, 6.07) is 10.4. The number of halogens is 1. The van der Waals surface area contributed by atoms with Crippen molar-refractivity contribution in [3.05, 3.63) is 59.5 Å². The van der Waals surface area contributed by atoms with E-state index < -0.39 is 0 Å². The fourth-order valence-electron chi connectivity index (χ4n) is 3.56. The molecular formula is C20H23FN2O2. The molecular weight excluding hydrogens is 319 g/mol. The number of hydrogen-bond acceptors (Lipinski definition) is 4. The first-order valence-corrected chi connectivity index (χ1v) is 8.59. The van der Waals surface area contributed by atoms with Crippen molar-refractivity contribution in [2.45, 2.75) is 26.2 Å². The summed E-state index contributed by atoms with van der Waals surface area (Å²) in [4.78, 5) is 17.9. The first-order valence-electron chi connectivity index (χ1n) is 8.59. The number of carbonyl (C=O) groups is 1. The summed E-state index contributed by atoms with van der Waals surface area (Å²) in [5, 5.41) is 10.1. The van der Waals surface area contributed by atoms with Gasteiger partial charge in [-0.15, -0.1) is 0 Å². The number of nitrogens with zero attached hydrogens (tertiary/aromatic N) is 2. The highest BCUT2D eigenvalue weighted by Gasteiger charge is 2.36. The van der Waals surface area contributed by atoms with E-state index in [1.54, 1.807) is 24.4 Å². The Hall–Kier alpha value is -2.27. The summed E-state index contributed by atoms with van der Waals surface area (Å²) in [6.07, 6.45) is 3.84. The van der Waals surface area contributed by atoms with Crippen molar-refractivity contribution in [3.63, 3.8) is 0 Å². The van der Waals surface area contributed by atoms with E-state index in [0.717, 1.165) is 25.2 Å². The Bertz CT molecular complexity index is 748. The average Bonchev–Trinajstić information content (AvgIpc) is 2.64. The molecule has 1 aromatic heterocycles. The smallest absolute Gasteiger partial charge is 0.161 e. The molecule has 2 aromatic rings. The minimum Gasteiger partial charge on any atom is -0.396 e. The molecule has 1 atom stereocenters. The first-order chi connectivity index (χ1) is 12.0. The highest BCUT2D eigenvalue weighted by molar-refractivity contribution is 5.93. The van der Waals surface area contributed by atoms with Gasteiger partial charge in [0, 0.05) is 30.3 Å². The molecule has 1 N–H and O–H groups in total. The second kappa shape index (κ2) is 7.31. The van der Waals surface area contributed by atoms with Crippen LogP contribution in [0.25, 0.3) is 0 Å². The van der Waals surface area contributed by atoms with E-state index in [1.807, 2.05) is 12.1 Å². The third kappa shape index (κ3) is 3.87. The Morgan fingerprint density at radius 1 is 1.32 bits per heavy atom. The molecule has 3 rings (SSSR count). The van der Waals surface area contributed by atoms with Crippen LogP contribution in [0, 0.1) is 11.2 Å². The SMILES string of the molecule is CC(=O)c1ccc(N2CCC[C@](CO)(Cc3ccccc3F)C2)nc1. The predicted molar refractivity (Wildman–Crippen MR) is 95.3 cm³/mol. The number of aliphatic hydroxyl groups is 1. The van der Waals surface area contributed by atoms with Crippen LogP contribution in [0.15, 0.2) is 42.6 Å². The molecule has 4 nitrogen and oxygen atoms in total. The van der Waals surface area contributed by atoms with E-state index in [4.69, 9.17) is 0 Å². The second-order valence-corrected chi connectivity index (χ2v) is 6.91. The lowest BCUT2D eigenvalue weighted by Gasteiger charge is -2.42. The van der Waals surface area contributed by atoms with E-state index in [0.29, 0.717) is 24.1 Å². The zero-order valence-electron chi connectivity index (χ0n) is 14.4. The van der Waals surface area contributed by atoms with Gasteiger partial charge < -0.3 is 10.0 Å². The van der Waals surface area contributed by atoms with Crippen LogP contribution in [-0.4, -0.2) is 35.6 Å². The average molecular weight is 342 g/mol. The van der Waals surface area contributed by atoms with Crippen LogP contribution in [0.5, 0.6) is 0 Å². The number of aromatic nitrogens is 1. The minimum atomic E-state index is -0.388. The zero-order chi connectivity index (χ0) is 17.9. The molecule has 0 saturated carbocycles. The van der Waals surface area contributed by atoms with E-state index >= 15 is 0 Å². The van der Waals surface area contributed by atoms with Gasteiger partial charge in [0.05, 0.1) is 6.61 Å². The monoisotopic (exact) mass is 342 g/mol. The van der Waals surface area contributed by atoms with E-state index in [2.05, 4.69) is 9.88 Å². The normalized spacial score (nSPS) is 20.5. The van der Waals surface area contributed by atoms with Crippen LogP contribution >= 0.6 is 0 Å².